The van der Waals surface area contributed by atoms with E-state index in [4.69, 9.17) is 0 Å². The van der Waals surface area contributed by atoms with E-state index in [1.165, 1.54) is 0 Å². The molecular formula is C12H23N3S. The number of aryl methyl sites for hydroxylation is 1. The Balaban J connectivity index is 2.54. The molecule has 1 atom stereocenters. The van der Waals surface area contributed by atoms with Gasteiger partial charge in [0, 0.05) is 31.2 Å². The van der Waals surface area contributed by atoms with Crippen molar-refractivity contribution in [3.63, 3.8) is 0 Å². The fraction of sp³-hybridized carbons (Fsp3) is 0.750. The van der Waals surface area contributed by atoms with Crippen LogP contribution in [0.3, 0.4) is 0 Å². The first kappa shape index (κ1) is 13.6. The van der Waals surface area contributed by atoms with Gasteiger partial charge in [-0.05, 0) is 12.0 Å². The molecule has 0 aliphatic carbocycles. The maximum atomic E-state index is 4.33. The van der Waals surface area contributed by atoms with Crippen molar-refractivity contribution in [2.24, 2.45) is 12.5 Å². The molecule has 0 radical (unpaired) electrons. The van der Waals surface area contributed by atoms with Crippen molar-refractivity contribution in [3.05, 3.63) is 12.4 Å². The SMILES string of the molecule is CCNC(CSc1nccn1C)C(C)(C)C. The van der Waals surface area contributed by atoms with Crippen LogP contribution in [0.5, 0.6) is 0 Å². The molecule has 0 saturated carbocycles. The molecule has 1 rings (SSSR count). The largest absolute Gasteiger partial charge is 0.329 e. The fourth-order valence-electron chi connectivity index (χ4n) is 1.51. The van der Waals surface area contributed by atoms with Crippen molar-refractivity contribution in [1.82, 2.24) is 14.9 Å². The zero-order valence-corrected chi connectivity index (χ0v) is 11.8. The average molecular weight is 241 g/mol. The van der Waals surface area contributed by atoms with Crippen LogP contribution in [0.25, 0.3) is 0 Å². The molecule has 3 nitrogen and oxygen atoms in total. The van der Waals surface area contributed by atoms with Crippen LogP contribution in [0.1, 0.15) is 27.7 Å². The zero-order valence-electron chi connectivity index (χ0n) is 10.9. The minimum atomic E-state index is 0.286. The standard InChI is InChI=1S/C12H23N3S/c1-6-13-10(12(2,3)4)9-16-11-14-7-8-15(11)5/h7-8,10,13H,6,9H2,1-5H3. The van der Waals surface area contributed by atoms with E-state index in [0.29, 0.717) is 6.04 Å². The van der Waals surface area contributed by atoms with Gasteiger partial charge >= 0.3 is 0 Å². The predicted octanol–water partition coefficient (Wildman–Crippen LogP) is 2.54. The molecule has 0 saturated heterocycles. The van der Waals surface area contributed by atoms with E-state index in [-0.39, 0.29) is 5.41 Å². The molecule has 0 fully saturated rings. The minimum Gasteiger partial charge on any atom is -0.329 e. The number of hydrogen-bond donors (Lipinski definition) is 1. The summed E-state index contributed by atoms with van der Waals surface area (Å²) >= 11 is 1.82. The summed E-state index contributed by atoms with van der Waals surface area (Å²) in [7, 11) is 2.04. The van der Waals surface area contributed by atoms with Gasteiger partial charge in [-0.15, -0.1) is 0 Å². The number of imidazole rings is 1. The molecule has 0 bridgehead atoms. The summed E-state index contributed by atoms with van der Waals surface area (Å²) in [6.07, 6.45) is 3.84. The number of aromatic nitrogens is 2. The first-order valence-electron chi connectivity index (χ1n) is 5.78. The first-order valence-corrected chi connectivity index (χ1v) is 6.77. The summed E-state index contributed by atoms with van der Waals surface area (Å²) in [6.45, 7) is 10.0. The van der Waals surface area contributed by atoms with Crippen LogP contribution < -0.4 is 5.32 Å². The van der Waals surface area contributed by atoms with Gasteiger partial charge in [0.2, 0.25) is 0 Å². The fourth-order valence-corrected chi connectivity index (χ4v) is 2.84. The lowest BCUT2D eigenvalue weighted by atomic mass is 9.88. The molecule has 1 N–H and O–H groups in total. The highest BCUT2D eigenvalue weighted by atomic mass is 32.2. The van der Waals surface area contributed by atoms with E-state index in [0.717, 1.165) is 17.5 Å². The Morgan fingerprint density at radius 1 is 1.50 bits per heavy atom. The third-order valence-corrected chi connectivity index (χ3v) is 3.80. The number of rotatable bonds is 5. The molecule has 0 aliphatic heterocycles. The van der Waals surface area contributed by atoms with Crippen molar-refractivity contribution in [2.45, 2.75) is 38.9 Å². The highest BCUT2D eigenvalue weighted by Crippen LogP contribution is 2.25. The van der Waals surface area contributed by atoms with Crippen LogP contribution in [0.2, 0.25) is 0 Å². The molecule has 0 amide bonds. The van der Waals surface area contributed by atoms with Crippen LogP contribution in [0.4, 0.5) is 0 Å². The summed E-state index contributed by atoms with van der Waals surface area (Å²) in [6, 6.07) is 0.513. The van der Waals surface area contributed by atoms with E-state index in [1.807, 2.05) is 31.2 Å². The van der Waals surface area contributed by atoms with Gasteiger partial charge in [0.05, 0.1) is 0 Å². The van der Waals surface area contributed by atoms with Crippen LogP contribution in [-0.2, 0) is 7.05 Å². The van der Waals surface area contributed by atoms with Crippen molar-refractivity contribution < 1.29 is 0 Å². The Hall–Kier alpha value is -0.480. The van der Waals surface area contributed by atoms with Crippen molar-refractivity contribution in [3.8, 4) is 0 Å². The minimum absolute atomic E-state index is 0.286. The number of thioether (sulfide) groups is 1. The van der Waals surface area contributed by atoms with E-state index >= 15 is 0 Å². The Labute approximate surface area is 103 Å². The van der Waals surface area contributed by atoms with E-state index in [2.05, 4.69) is 42.6 Å². The second-order valence-electron chi connectivity index (χ2n) is 5.11. The second kappa shape index (κ2) is 5.73. The molecule has 16 heavy (non-hydrogen) atoms. The van der Waals surface area contributed by atoms with Crippen LogP contribution >= 0.6 is 11.8 Å². The van der Waals surface area contributed by atoms with Gasteiger partial charge in [0.25, 0.3) is 0 Å². The smallest absolute Gasteiger partial charge is 0.167 e. The third kappa shape index (κ3) is 3.83. The van der Waals surface area contributed by atoms with Crippen molar-refractivity contribution in [1.29, 1.82) is 0 Å². The van der Waals surface area contributed by atoms with Crippen LogP contribution in [0.15, 0.2) is 17.6 Å². The first-order chi connectivity index (χ1) is 7.45. The molecule has 0 spiro atoms. The van der Waals surface area contributed by atoms with Gasteiger partial charge in [-0.1, -0.05) is 39.5 Å². The molecule has 0 aliphatic rings. The van der Waals surface area contributed by atoms with Gasteiger partial charge in [-0.2, -0.15) is 0 Å². The Kier molecular flexibility index (Phi) is 4.87. The van der Waals surface area contributed by atoms with Crippen molar-refractivity contribution in [2.75, 3.05) is 12.3 Å². The monoisotopic (exact) mass is 241 g/mol. The highest BCUT2D eigenvalue weighted by Gasteiger charge is 2.24. The molecular weight excluding hydrogens is 218 g/mol. The Morgan fingerprint density at radius 2 is 2.19 bits per heavy atom. The summed E-state index contributed by atoms with van der Waals surface area (Å²) < 4.78 is 2.07. The summed E-state index contributed by atoms with van der Waals surface area (Å²) in [5.41, 5.74) is 0.286. The Bertz CT molecular complexity index is 314. The van der Waals surface area contributed by atoms with Gasteiger partial charge in [0.1, 0.15) is 0 Å². The second-order valence-corrected chi connectivity index (χ2v) is 6.10. The molecule has 92 valence electrons. The quantitative estimate of drug-likeness (QED) is 0.803. The van der Waals surface area contributed by atoms with E-state index in [9.17, 15) is 0 Å². The van der Waals surface area contributed by atoms with E-state index < -0.39 is 0 Å². The summed E-state index contributed by atoms with van der Waals surface area (Å²) in [5.74, 6) is 1.06. The predicted molar refractivity (Wildman–Crippen MR) is 70.9 cm³/mol. The molecule has 1 aromatic rings. The van der Waals surface area contributed by atoms with Gasteiger partial charge in [0.15, 0.2) is 5.16 Å². The zero-order chi connectivity index (χ0) is 12.2. The maximum absolute atomic E-state index is 4.33. The lowest BCUT2D eigenvalue weighted by Crippen LogP contribution is -2.42. The highest BCUT2D eigenvalue weighted by molar-refractivity contribution is 7.99. The maximum Gasteiger partial charge on any atom is 0.167 e. The normalized spacial score (nSPS) is 14.1. The molecule has 4 heteroatoms. The molecule has 1 heterocycles. The van der Waals surface area contributed by atoms with Crippen LogP contribution in [0, 0.1) is 5.41 Å². The van der Waals surface area contributed by atoms with Gasteiger partial charge in [-0.3, -0.25) is 0 Å². The van der Waals surface area contributed by atoms with Crippen LogP contribution in [-0.4, -0.2) is 27.9 Å². The van der Waals surface area contributed by atoms with Crippen molar-refractivity contribution >= 4 is 11.8 Å². The summed E-state index contributed by atoms with van der Waals surface area (Å²) in [5, 5.41) is 4.64. The third-order valence-electron chi connectivity index (χ3n) is 2.65. The molecule has 1 unspecified atom stereocenters. The molecule has 0 aromatic carbocycles. The van der Waals surface area contributed by atoms with E-state index in [1.54, 1.807) is 0 Å². The number of nitrogens with zero attached hydrogens (tertiary/aromatic N) is 2. The molecule has 1 aromatic heterocycles. The number of hydrogen-bond acceptors (Lipinski definition) is 3. The Morgan fingerprint density at radius 3 is 2.62 bits per heavy atom. The summed E-state index contributed by atoms with van der Waals surface area (Å²) in [4.78, 5) is 4.33. The number of nitrogens with one attached hydrogen (secondary N) is 1. The average Bonchev–Trinajstić information content (AvgIpc) is 2.57. The van der Waals surface area contributed by atoms with Gasteiger partial charge < -0.3 is 9.88 Å². The lowest BCUT2D eigenvalue weighted by molar-refractivity contribution is 0.295. The lowest BCUT2D eigenvalue weighted by Gasteiger charge is -2.31. The topological polar surface area (TPSA) is 29.9 Å². The van der Waals surface area contributed by atoms with Gasteiger partial charge in [-0.25, -0.2) is 4.98 Å².